The average molecular weight is 371 g/mol. The summed E-state index contributed by atoms with van der Waals surface area (Å²) < 4.78 is 44.1. The molecule has 1 rings (SSSR count). The number of nitrogens with two attached hydrogens (primary N) is 1. The Morgan fingerprint density at radius 1 is 1.45 bits per heavy atom. The van der Waals surface area contributed by atoms with Gasteiger partial charge in [-0.1, -0.05) is 0 Å². The van der Waals surface area contributed by atoms with E-state index in [1.807, 2.05) is 0 Å². The molecule has 0 spiro atoms. The monoisotopic (exact) mass is 370 g/mol. The second kappa shape index (κ2) is 7.32. The highest BCUT2D eigenvalue weighted by atomic mass is 79.9. The zero-order valence-corrected chi connectivity index (χ0v) is 13.2. The van der Waals surface area contributed by atoms with Gasteiger partial charge in [0.15, 0.2) is 0 Å². The third kappa shape index (κ3) is 3.89. The molecule has 1 aromatic carbocycles. The van der Waals surface area contributed by atoms with Crippen molar-refractivity contribution < 1.29 is 22.7 Å². The number of aliphatic hydroxyl groups excluding tert-OH is 1. The van der Waals surface area contributed by atoms with Crippen molar-refractivity contribution in [1.82, 2.24) is 4.31 Å². The lowest BCUT2D eigenvalue weighted by molar-refractivity contribution is 0.168. The zero-order chi connectivity index (χ0) is 15.3. The number of ether oxygens (including phenoxy) is 1. The Morgan fingerprint density at radius 3 is 2.65 bits per heavy atom. The number of nitrogen functional groups attached to an aromatic ring is 1. The molecule has 9 heteroatoms. The fraction of sp³-hybridized carbons (Fsp3) is 0.455. The minimum atomic E-state index is -3.93. The van der Waals surface area contributed by atoms with E-state index < -0.39 is 15.8 Å². The molecule has 0 radical (unpaired) electrons. The van der Waals surface area contributed by atoms with Gasteiger partial charge in [-0.25, -0.2) is 12.8 Å². The number of benzene rings is 1. The predicted octanol–water partition coefficient (Wildman–Crippen LogP) is 0.800. The highest BCUT2D eigenvalue weighted by molar-refractivity contribution is 9.10. The van der Waals surface area contributed by atoms with Crippen molar-refractivity contribution in [2.24, 2.45) is 0 Å². The lowest BCUT2D eigenvalue weighted by atomic mass is 10.3. The Labute approximate surface area is 125 Å². The topological polar surface area (TPSA) is 92.9 Å². The largest absolute Gasteiger partial charge is 0.398 e. The molecule has 1 aromatic rings. The van der Waals surface area contributed by atoms with Crippen molar-refractivity contribution in [2.75, 3.05) is 39.1 Å². The number of nitrogens with zero attached hydrogens (tertiary/aromatic N) is 1. The van der Waals surface area contributed by atoms with Crippen LogP contribution in [0.5, 0.6) is 0 Å². The van der Waals surface area contributed by atoms with Crippen LogP contribution in [-0.2, 0) is 14.8 Å². The molecule has 0 aliphatic rings. The number of hydrogen-bond donors (Lipinski definition) is 2. The van der Waals surface area contributed by atoms with Crippen LogP contribution in [0.2, 0.25) is 0 Å². The number of aliphatic hydroxyl groups is 1. The van der Waals surface area contributed by atoms with Crippen LogP contribution >= 0.6 is 15.9 Å². The molecule has 0 aromatic heterocycles. The Morgan fingerprint density at radius 2 is 2.10 bits per heavy atom. The first-order valence-corrected chi connectivity index (χ1v) is 7.92. The molecule has 0 amide bonds. The van der Waals surface area contributed by atoms with E-state index in [4.69, 9.17) is 15.6 Å². The highest BCUT2D eigenvalue weighted by Crippen LogP contribution is 2.28. The van der Waals surface area contributed by atoms with Gasteiger partial charge in [0.2, 0.25) is 10.0 Å². The maximum Gasteiger partial charge on any atom is 0.245 e. The number of sulfonamides is 1. The fourth-order valence-electron chi connectivity index (χ4n) is 1.56. The first kappa shape index (κ1) is 17.3. The van der Waals surface area contributed by atoms with Gasteiger partial charge in [0.05, 0.1) is 23.4 Å². The van der Waals surface area contributed by atoms with Crippen LogP contribution in [0.25, 0.3) is 0 Å². The van der Waals surface area contributed by atoms with Gasteiger partial charge in [-0.3, -0.25) is 0 Å². The van der Waals surface area contributed by atoms with Crippen LogP contribution in [0.3, 0.4) is 0 Å². The van der Waals surface area contributed by atoms with Gasteiger partial charge in [-0.05, 0) is 28.1 Å². The van der Waals surface area contributed by atoms with Crippen molar-refractivity contribution in [2.45, 2.75) is 4.90 Å². The predicted molar refractivity (Wildman–Crippen MR) is 76.2 cm³/mol. The van der Waals surface area contributed by atoms with Crippen LogP contribution in [0.1, 0.15) is 0 Å². The van der Waals surface area contributed by atoms with Gasteiger partial charge in [-0.15, -0.1) is 0 Å². The molecule has 0 aliphatic heterocycles. The number of methoxy groups -OCH3 is 1. The third-order valence-electron chi connectivity index (χ3n) is 2.56. The van der Waals surface area contributed by atoms with E-state index in [9.17, 15) is 12.8 Å². The maximum absolute atomic E-state index is 13.3. The van der Waals surface area contributed by atoms with E-state index >= 15 is 0 Å². The Balaban J connectivity index is 3.22. The zero-order valence-electron chi connectivity index (χ0n) is 10.8. The standard InChI is InChI=1S/C11H16BrFN2O4S/c1-19-5-3-15(2-4-16)20(17,18)11-6-8(12)9(13)7-10(11)14/h6-7,16H,2-5,14H2,1H3. The third-order valence-corrected chi connectivity index (χ3v) is 5.13. The second-order valence-electron chi connectivity index (χ2n) is 3.92. The highest BCUT2D eigenvalue weighted by Gasteiger charge is 2.27. The summed E-state index contributed by atoms with van der Waals surface area (Å²) in [4.78, 5) is -0.213. The number of rotatable bonds is 7. The molecule has 20 heavy (non-hydrogen) atoms. The fourth-order valence-corrected chi connectivity index (χ4v) is 3.60. The molecule has 0 atom stereocenters. The van der Waals surface area contributed by atoms with Gasteiger partial charge < -0.3 is 15.6 Å². The minimum Gasteiger partial charge on any atom is -0.398 e. The summed E-state index contributed by atoms with van der Waals surface area (Å²) in [6.07, 6.45) is 0. The number of anilines is 1. The van der Waals surface area contributed by atoms with Crippen LogP contribution in [0.4, 0.5) is 10.1 Å². The molecule has 0 aliphatic carbocycles. The number of hydrogen-bond acceptors (Lipinski definition) is 5. The molecule has 0 saturated heterocycles. The van der Waals surface area contributed by atoms with Gasteiger partial charge in [0.25, 0.3) is 0 Å². The van der Waals surface area contributed by atoms with E-state index in [0.717, 1.165) is 16.4 Å². The summed E-state index contributed by atoms with van der Waals surface area (Å²) in [5, 5.41) is 8.97. The quantitative estimate of drug-likeness (QED) is 0.692. The molecule has 114 valence electrons. The minimum absolute atomic E-state index is 0.000894. The summed E-state index contributed by atoms with van der Waals surface area (Å²) in [6.45, 7) is -0.208. The van der Waals surface area contributed by atoms with E-state index in [1.165, 1.54) is 7.11 Å². The van der Waals surface area contributed by atoms with Crippen molar-refractivity contribution >= 4 is 31.6 Å². The molecule has 0 fully saturated rings. The van der Waals surface area contributed by atoms with Gasteiger partial charge in [0, 0.05) is 20.2 Å². The molecule has 6 nitrogen and oxygen atoms in total. The number of halogens is 2. The first-order chi connectivity index (χ1) is 9.34. The summed E-state index contributed by atoms with van der Waals surface area (Å²) >= 11 is 2.93. The summed E-state index contributed by atoms with van der Waals surface area (Å²) in [7, 11) is -2.50. The summed E-state index contributed by atoms with van der Waals surface area (Å²) in [5.74, 6) is -0.646. The molecule has 0 heterocycles. The van der Waals surface area contributed by atoms with Gasteiger partial charge >= 0.3 is 0 Å². The lowest BCUT2D eigenvalue weighted by Crippen LogP contribution is -2.36. The Hall–Kier alpha value is -0.740. The molecule has 3 N–H and O–H groups in total. The van der Waals surface area contributed by atoms with Gasteiger partial charge in [-0.2, -0.15) is 4.31 Å². The van der Waals surface area contributed by atoms with Crippen LogP contribution in [-0.4, -0.2) is 51.2 Å². The Bertz CT molecular complexity index is 568. The maximum atomic E-state index is 13.3. The normalized spacial score (nSPS) is 12.1. The molecular formula is C11H16BrFN2O4S. The summed E-state index contributed by atoms with van der Waals surface area (Å²) in [5.41, 5.74) is 5.39. The molecule has 0 unspecified atom stereocenters. The van der Waals surface area contributed by atoms with Crippen molar-refractivity contribution in [3.05, 3.63) is 22.4 Å². The van der Waals surface area contributed by atoms with E-state index in [2.05, 4.69) is 15.9 Å². The molecular weight excluding hydrogens is 355 g/mol. The van der Waals surface area contributed by atoms with Crippen molar-refractivity contribution in [1.29, 1.82) is 0 Å². The molecule has 0 saturated carbocycles. The second-order valence-corrected chi connectivity index (χ2v) is 6.69. The molecule has 0 bridgehead atoms. The van der Waals surface area contributed by atoms with Crippen LogP contribution in [0.15, 0.2) is 21.5 Å². The van der Waals surface area contributed by atoms with Crippen LogP contribution in [0, 0.1) is 5.82 Å². The summed E-state index contributed by atoms with van der Waals surface area (Å²) in [6, 6.07) is 2.04. The van der Waals surface area contributed by atoms with E-state index in [0.29, 0.717) is 0 Å². The Kier molecular flexibility index (Phi) is 6.34. The average Bonchev–Trinajstić information content (AvgIpc) is 2.38. The van der Waals surface area contributed by atoms with Crippen LogP contribution < -0.4 is 5.73 Å². The van der Waals surface area contributed by atoms with Gasteiger partial charge in [0.1, 0.15) is 10.7 Å². The van der Waals surface area contributed by atoms with Crippen molar-refractivity contribution in [3.8, 4) is 0 Å². The smallest absolute Gasteiger partial charge is 0.245 e. The van der Waals surface area contributed by atoms with E-state index in [1.54, 1.807) is 0 Å². The van der Waals surface area contributed by atoms with Crippen molar-refractivity contribution in [3.63, 3.8) is 0 Å². The van der Waals surface area contributed by atoms with E-state index in [-0.39, 0.29) is 41.4 Å². The lowest BCUT2D eigenvalue weighted by Gasteiger charge is -2.22. The SMILES string of the molecule is COCCN(CCO)S(=O)(=O)c1cc(Br)c(F)cc1N. The first-order valence-electron chi connectivity index (χ1n) is 5.69.